The summed E-state index contributed by atoms with van der Waals surface area (Å²) in [7, 11) is 0. The lowest BCUT2D eigenvalue weighted by molar-refractivity contribution is 0.0472. The summed E-state index contributed by atoms with van der Waals surface area (Å²) in [6, 6.07) is 22.5. The molecule has 0 saturated heterocycles. The van der Waals surface area contributed by atoms with Crippen LogP contribution in [0.1, 0.15) is 65.1 Å². The quantitative estimate of drug-likeness (QED) is 0.428. The van der Waals surface area contributed by atoms with E-state index < -0.39 is 11.8 Å². The van der Waals surface area contributed by atoms with Crippen molar-refractivity contribution < 1.29 is 13.9 Å². The van der Waals surface area contributed by atoms with Gasteiger partial charge in [0.25, 0.3) is 0 Å². The van der Waals surface area contributed by atoms with Crippen molar-refractivity contribution in [3.8, 4) is 0 Å². The molecule has 0 amide bonds. The fourth-order valence-corrected chi connectivity index (χ4v) is 4.13. The number of ether oxygens (including phenoxy) is 1. The van der Waals surface area contributed by atoms with Gasteiger partial charge in [-0.05, 0) is 53.6 Å². The Bertz CT molecular complexity index is 996. The van der Waals surface area contributed by atoms with E-state index >= 15 is 0 Å². The molecule has 0 bridgehead atoms. The van der Waals surface area contributed by atoms with Gasteiger partial charge < -0.3 is 10.1 Å². The highest BCUT2D eigenvalue weighted by atomic mass is 19.1. The Kier molecular flexibility index (Phi) is 6.98. The zero-order valence-corrected chi connectivity index (χ0v) is 17.6. The average molecular weight is 418 g/mol. The lowest BCUT2D eigenvalue weighted by Crippen LogP contribution is -2.08. The lowest BCUT2D eigenvalue weighted by Gasteiger charge is -2.22. The molecule has 0 spiro atoms. The third-order valence-electron chi connectivity index (χ3n) is 5.96. The maximum Gasteiger partial charge on any atom is 0.338 e. The molecule has 3 nitrogen and oxygen atoms in total. The van der Waals surface area contributed by atoms with E-state index in [9.17, 15) is 9.18 Å². The molecule has 3 aromatic carbocycles. The maximum atomic E-state index is 14.5. The first-order valence-corrected chi connectivity index (χ1v) is 11.0. The van der Waals surface area contributed by atoms with Crippen molar-refractivity contribution >= 4 is 11.7 Å². The van der Waals surface area contributed by atoms with Crippen molar-refractivity contribution in [1.82, 2.24) is 0 Å². The number of rotatable bonds is 7. The van der Waals surface area contributed by atoms with Crippen LogP contribution in [0.5, 0.6) is 0 Å². The van der Waals surface area contributed by atoms with E-state index in [1.165, 1.54) is 43.7 Å². The number of esters is 1. The van der Waals surface area contributed by atoms with Crippen LogP contribution < -0.4 is 5.32 Å². The molecule has 0 heterocycles. The molecule has 3 aromatic rings. The molecular weight excluding hydrogens is 389 g/mol. The van der Waals surface area contributed by atoms with Crippen LogP contribution in [0, 0.1) is 5.82 Å². The second kappa shape index (κ2) is 10.3. The molecule has 0 radical (unpaired) electrons. The summed E-state index contributed by atoms with van der Waals surface area (Å²) in [6.07, 6.45) is 6.56. The molecule has 160 valence electrons. The number of hydrogen-bond acceptors (Lipinski definition) is 3. The van der Waals surface area contributed by atoms with Gasteiger partial charge in [-0.2, -0.15) is 0 Å². The third kappa shape index (κ3) is 5.72. The van der Waals surface area contributed by atoms with Crippen molar-refractivity contribution in [1.29, 1.82) is 0 Å². The minimum absolute atomic E-state index is 0.165. The monoisotopic (exact) mass is 417 g/mol. The first-order valence-electron chi connectivity index (χ1n) is 11.0. The maximum absolute atomic E-state index is 14.5. The van der Waals surface area contributed by atoms with Gasteiger partial charge in [-0.1, -0.05) is 73.9 Å². The summed E-state index contributed by atoms with van der Waals surface area (Å²) >= 11 is 0. The van der Waals surface area contributed by atoms with Gasteiger partial charge in [0, 0.05) is 6.54 Å². The zero-order chi connectivity index (χ0) is 21.5. The summed E-state index contributed by atoms with van der Waals surface area (Å²) in [5, 5.41) is 3.13. The van der Waals surface area contributed by atoms with Crippen LogP contribution in [0.25, 0.3) is 0 Å². The third-order valence-corrected chi connectivity index (χ3v) is 5.96. The Morgan fingerprint density at radius 2 is 1.65 bits per heavy atom. The number of halogens is 1. The molecule has 0 unspecified atom stereocenters. The first kappa shape index (κ1) is 21.1. The number of carbonyl (C=O) groups is 1. The number of nitrogens with one attached hydrogen (secondary N) is 1. The van der Waals surface area contributed by atoms with Gasteiger partial charge in [-0.3, -0.25) is 0 Å². The van der Waals surface area contributed by atoms with Gasteiger partial charge in [0.2, 0.25) is 0 Å². The van der Waals surface area contributed by atoms with Gasteiger partial charge in [0.15, 0.2) is 0 Å². The van der Waals surface area contributed by atoms with Crippen molar-refractivity contribution in [3.63, 3.8) is 0 Å². The van der Waals surface area contributed by atoms with Crippen molar-refractivity contribution in [2.45, 2.75) is 51.2 Å². The SMILES string of the molecule is O=C(OCc1ccccc1)c1ccc(NCc2ccc(C3CCCCC3)cc2)c(F)c1. The summed E-state index contributed by atoms with van der Waals surface area (Å²) in [6.45, 7) is 0.692. The normalized spacial score (nSPS) is 14.2. The highest BCUT2D eigenvalue weighted by molar-refractivity contribution is 5.89. The Morgan fingerprint density at radius 1 is 0.903 bits per heavy atom. The van der Waals surface area contributed by atoms with E-state index in [1.807, 2.05) is 30.3 Å². The predicted octanol–water partition coefficient (Wildman–Crippen LogP) is 6.84. The number of hydrogen-bond donors (Lipinski definition) is 1. The van der Waals surface area contributed by atoms with Crippen LogP contribution in [0.3, 0.4) is 0 Å². The molecule has 0 aromatic heterocycles. The molecule has 0 atom stereocenters. The smallest absolute Gasteiger partial charge is 0.338 e. The second-order valence-corrected chi connectivity index (χ2v) is 8.19. The molecule has 31 heavy (non-hydrogen) atoms. The number of anilines is 1. The van der Waals surface area contributed by atoms with Crippen LogP contribution in [-0.2, 0) is 17.9 Å². The Morgan fingerprint density at radius 3 is 2.35 bits per heavy atom. The van der Waals surface area contributed by atoms with Crippen molar-refractivity contribution in [2.75, 3.05) is 5.32 Å². The molecule has 4 rings (SSSR count). The van der Waals surface area contributed by atoms with Gasteiger partial charge in [-0.15, -0.1) is 0 Å². The molecule has 1 N–H and O–H groups in total. The van der Waals surface area contributed by atoms with Crippen molar-refractivity contribution in [3.05, 3.63) is 101 Å². The van der Waals surface area contributed by atoms with Crippen LogP contribution in [0.4, 0.5) is 10.1 Å². The molecule has 4 heteroatoms. The molecular formula is C27H28FNO2. The van der Waals surface area contributed by atoms with E-state index in [1.54, 1.807) is 12.1 Å². The van der Waals surface area contributed by atoms with E-state index in [4.69, 9.17) is 4.74 Å². The van der Waals surface area contributed by atoms with Gasteiger partial charge in [0.1, 0.15) is 12.4 Å². The summed E-state index contributed by atoms with van der Waals surface area (Å²) in [4.78, 5) is 12.2. The fraction of sp³-hybridized carbons (Fsp3) is 0.296. The molecule has 1 aliphatic rings. The van der Waals surface area contributed by atoms with E-state index in [0.29, 0.717) is 18.2 Å². The largest absolute Gasteiger partial charge is 0.457 e. The number of carbonyl (C=O) groups excluding carboxylic acids is 1. The van der Waals surface area contributed by atoms with Gasteiger partial charge >= 0.3 is 5.97 Å². The van der Waals surface area contributed by atoms with Crippen LogP contribution in [0.2, 0.25) is 0 Å². The van der Waals surface area contributed by atoms with Crippen molar-refractivity contribution in [2.24, 2.45) is 0 Å². The van der Waals surface area contributed by atoms with Crippen LogP contribution >= 0.6 is 0 Å². The van der Waals surface area contributed by atoms with E-state index in [-0.39, 0.29) is 12.2 Å². The Balaban J connectivity index is 1.31. The van der Waals surface area contributed by atoms with Crippen LogP contribution in [-0.4, -0.2) is 5.97 Å². The topological polar surface area (TPSA) is 38.3 Å². The standard InChI is InChI=1S/C27H28FNO2/c28-25-17-24(27(30)31-19-21-7-3-1-4-8-21)15-16-26(25)29-18-20-11-13-23(14-12-20)22-9-5-2-6-10-22/h1,3-4,7-8,11-17,22,29H,2,5-6,9-10,18-19H2. The van der Waals surface area contributed by atoms with Crippen LogP contribution in [0.15, 0.2) is 72.8 Å². The predicted molar refractivity (Wildman–Crippen MR) is 122 cm³/mol. The zero-order valence-electron chi connectivity index (χ0n) is 17.6. The van der Waals surface area contributed by atoms with Gasteiger partial charge in [-0.25, -0.2) is 9.18 Å². The van der Waals surface area contributed by atoms with E-state index in [0.717, 1.165) is 11.1 Å². The average Bonchev–Trinajstić information content (AvgIpc) is 2.83. The molecule has 1 saturated carbocycles. The van der Waals surface area contributed by atoms with E-state index in [2.05, 4.69) is 29.6 Å². The Labute approximate surface area is 183 Å². The second-order valence-electron chi connectivity index (χ2n) is 8.19. The highest BCUT2D eigenvalue weighted by Crippen LogP contribution is 2.32. The minimum Gasteiger partial charge on any atom is -0.457 e. The fourth-order valence-electron chi connectivity index (χ4n) is 4.13. The molecule has 1 aliphatic carbocycles. The lowest BCUT2D eigenvalue weighted by atomic mass is 9.84. The number of benzene rings is 3. The molecule has 1 fully saturated rings. The summed E-state index contributed by atoms with van der Waals surface area (Å²) in [5.41, 5.74) is 3.98. The first-order chi connectivity index (χ1) is 15.2. The highest BCUT2D eigenvalue weighted by Gasteiger charge is 2.15. The molecule has 0 aliphatic heterocycles. The summed E-state index contributed by atoms with van der Waals surface area (Å²) < 4.78 is 19.8. The van der Waals surface area contributed by atoms with Gasteiger partial charge in [0.05, 0.1) is 11.3 Å². The summed E-state index contributed by atoms with van der Waals surface area (Å²) in [5.74, 6) is -0.317. The Hall–Kier alpha value is -3.14. The minimum atomic E-state index is -0.535.